The molecule has 1 fully saturated rings. The minimum atomic E-state index is -0.632. The maximum Gasteiger partial charge on any atom is 0.410 e. The van der Waals surface area contributed by atoms with Gasteiger partial charge >= 0.3 is 6.09 Å². The number of hydrogen-bond donors (Lipinski definition) is 0. The first-order valence-corrected chi connectivity index (χ1v) is 8.75. The number of amides is 1. The standard InChI is InChI=1S/C18H23Cl2NO3/c1-12(22)18(13-5-6-14(19)15(20)11-13)7-9-21(10-8-18)16(23)24-17(2,3)4/h5-6,11H,7-10H2,1-4H3. The van der Waals surface area contributed by atoms with Gasteiger partial charge in [0.1, 0.15) is 11.4 Å². The number of hydrogen-bond acceptors (Lipinski definition) is 3. The van der Waals surface area contributed by atoms with Crippen LogP contribution < -0.4 is 0 Å². The second kappa shape index (κ2) is 6.93. The zero-order valence-corrected chi connectivity index (χ0v) is 16.0. The summed E-state index contributed by atoms with van der Waals surface area (Å²) in [5, 5.41) is 0.898. The molecule has 1 aliphatic rings. The number of Topliss-reactive ketones (excluding diaryl/α,β-unsaturated/α-hetero) is 1. The van der Waals surface area contributed by atoms with E-state index in [0.29, 0.717) is 36.0 Å². The summed E-state index contributed by atoms with van der Waals surface area (Å²) in [5.74, 6) is 0.0738. The number of carbonyl (C=O) groups is 2. The summed E-state index contributed by atoms with van der Waals surface area (Å²) in [5.41, 5.74) is -0.309. The van der Waals surface area contributed by atoms with Gasteiger partial charge in [-0.2, -0.15) is 0 Å². The molecule has 0 atom stereocenters. The van der Waals surface area contributed by atoms with E-state index in [-0.39, 0.29) is 11.9 Å². The van der Waals surface area contributed by atoms with Crippen molar-refractivity contribution < 1.29 is 14.3 Å². The molecule has 0 bridgehead atoms. The van der Waals surface area contributed by atoms with E-state index in [1.54, 1.807) is 24.0 Å². The Kier molecular flexibility index (Phi) is 5.50. The van der Waals surface area contributed by atoms with Crippen LogP contribution in [0.1, 0.15) is 46.1 Å². The van der Waals surface area contributed by atoms with Crippen LogP contribution in [0.3, 0.4) is 0 Å². The molecule has 132 valence electrons. The molecule has 6 heteroatoms. The maximum atomic E-state index is 12.4. The number of rotatable bonds is 2. The predicted octanol–water partition coefficient (Wildman–Crippen LogP) is 4.85. The molecule has 24 heavy (non-hydrogen) atoms. The van der Waals surface area contributed by atoms with Crippen LogP contribution in [0.2, 0.25) is 10.0 Å². The van der Waals surface area contributed by atoms with Gasteiger partial charge in [0, 0.05) is 13.1 Å². The Balaban J connectivity index is 2.19. The molecule has 2 rings (SSSR count). The molecule has 0 aliphatic carbocycles. The molecular formula is C18H23Cl2NO3. The van der Waals surface area contributed by atoms with Crippen LogP contribution in [-0.4, -0.2) is 35.5 Å². The number of ketones is 1. The lowest BCUT2D eigenvalue weighted by atomic mass is 9.70. The molecule has 0 unspecified atom stereocenters. The first-order valence-electron chi connectivity index (χ1n) is 8.00. The van der Waals surface area contributed by atoms with Crippen LogP contribution in [0.5, 0.6) is 0 Å². The van der Waals surface area contributed by atoms with Crippen molar-refractivity contribution in [2.45, 2.75) is 51.6 Å². The van der Waals surface area contributed by atoms with Crippen LogP contribution in [0.4, 0.5) is 4.79 Å². The van der Waals surface area contributed by atoms with E-state index in [4.69, 9.17) is 27.9 Å². The second-order valence-corrected chi connectivity index (χ2v) is 8.05. The molecule has 0 spiro atoms. The van der Waals surface area contributed by atoms with Crippen LogP contribution in [0, 0.1) is 0 Å². The number of halogens is 2. The third kappa shape index (κ3) is 4.04. The Morgan fingerprint density at radius 3 is 2.17 bits per heavy atom. The van der Waals surface area contributed by atoms with E-state index >= 15 is 0 Å². The largest absolute Gasteiger partial charge is 0.444 e. The van der Waals surface area contributed by atoms with Crippen molar-refractivity contribution in [1.82, 2.24) is 4.90 Å². The third-order valence-electron chi connectivity index (χ3n) is 4.41. The van der Waals surface area contributed by atoms with Crippen molar-refractivity contribution in [3.8, 4) is 0 Å². The predicted molar refractivity (Wildman–Crippen MR) is 95.9 cm³/mol. The Bertz CT molecular complexity index is 644. The normalized spacial score (nSPS) is 17.5. The van der Waals surface area contributed by atoms with E-state index in [1.165, 1.54) is 0 Å². The van der Waals surface area contributed by atoms with E-state index < -0.39 is 11.0 Å². The monoisotopic (exact) mass is 371 g/mol. The SMILES string of the molecule is CC(=O)C1(c2ccc(Cl)c(Cl)c2)CCN(C(=O)OC(C)(C)C)CC1. The molecule has 1 aromatic carbocycles. The molecule has 1 aliphatic heterocycles. The summed E-state index contributed by atoms with van der Waals surface area (Å²) in [7, 11) is 0. The summed E-state index contributed by atoms with van der Waals surface area (Å²) >= 11 is 12.1. The number of benzene rings is 1. The quantitative estimate of drug-likeness (QED) is 0.746. The van der Waals surface area contributed by atoms with Crippen LogP contribution >= 0.6 is 23.2 Å². The Labute approximate surface area is 153 Å². The molecule has 1 saturated heterocycles. The fourth-order valence-corrected chi connectivity index (χ4v) is 3.33. The van der Waals surface area contributed by atoms with Gasteiger partial charge in [-0.1, -0.05) is 29.3 Å². The number of ether oxygens (including phenoxy) is 1. The average molecular weight is 372 g/mol. The van der Waals surface area contributed by atoms with Gasteiger partial charge in [-0.25, -0.2) is 4.79 Å². The maximum absolute atomic E-state index is 12.4. The summed E-state index contributed by atoms with van der Waals surface area (Å²) in [6.07, 6.45) is 0.743. The van der Waals surface area contributed by atoms with Crippen molar-refractivity contribution >= 4 is 35.1 Å². The Morgan fingerprint density at radius 2 is 1.71 bits per heavy atom. The zero-order chi connectivity index (χ0) is 18.1. The zero-order valence-electron chi connectivity index (χ0n) is 14.5. The average Bonchev–Trinajstić information content (AvgIpc) is 2.48. The van der Waals surface area contributed by atoms with Crippen molar-refractivity contribution in [2.24, 2.45) is 0 Å². The number of piperidine rings is 1. The van der Waals surface area contributed by atoms with Gasteiger partial charge in [0.25, 0.3) is 0 Å². The van der Waals surface area contributed by atoms with Gasteiger partial charge in [0.2, 0.25) is 0 Å². The van der Waals surface area contributed by atoms with E-state index in [9.17, 15) is 9.59 Å². The van der Waals surface area contributed by atoms with Crippen LogP contribution in [-0.2, 0) is 14.9 Å². The van der Waals surface area contributed by atoms with Crippen LogP contribution in [0.15, 0.2) is 18.2 Å². The molecule has 0 aromatic heterocycles. The summed E-state index contributed by atoms with van der Waals surface area (Å²) in [6.45, 7) is 8.04. The van der Waals surface area contributed by atoms with Gasteiger partial charge in [-0.3, -0.25) is 4.79 Å². The molecule has 4 nitrogen and oxygen atoms in total. The van der Waals surface area contributed by atoms with Gasteiger partial charge in [-0.15, -0.1) is 0 Å². The van der Waals surface area contributed by atoms with Crippen molar-refractivity contribution in [2.75, 3.05) is 13.1 Å². The number of nitrogens with zero attached hydrogens (tertiary/aromatic N) is 1. The van der Waals surface area contributed by atoms with Crippen molar-refractivity contribution in [3.63, 3.8) is 0 Å². The smallest absolute Gasteiger partial charge is 0.410 e. The Hall–Kier alpha value is -1.26. The molecule has 0 radical (unpaired) electrons. The molecular weight excluding hydrogens is 349 g/mol. The topological polar surface area (TPSA) is 46.6 Å². The third-order valence-corrected chi connectivity index (χ3v) is 5.15. The van der Waals surface area contributed by atoms with Gasteiger partial charge in [0.15, 0.2) is 0 Å². The summed E-state index contributed by atoms with van der Waals surface area (Å²) in [6, 6.07) is 5.32. The number of carbonyl (C=O) groups excluding carboxylic acids is 2. The van der Waals surface area contributed by atoms with Gasteiger partial charge in [0.05, 0.1) is 15.5 Å². The highest BCUT2D eigenvalue weighted by atomic mass is 35.5. The Morgan fingerprint density at radius 1 is 1.12 bits per heavy atom. The molecule has 0 N–H and O–H groups in total. The second-order valence-electron chi connectivity index (χ2n) is 7.23. The fraction of sp³-hybridized carbons (Fsp3) is 0.556. The molecule has 0 saturated carbocycles. The van der Waals surface area contributed by atoms with Crippen LogP contribution in [0.25, 0.3) is 0 Å². The van der Waals surface area contributed by atoms with E-state index in [0.717, 1.165) is 5.56 Å². The highest BCUT2D eigenvalue weighted by Crippen LogP contribution is 2.39. The minimum Gasteiger partial charge on any atom is -0.444 e. The summed E-state index contributed by atoms with van der Waals surface area (Å²) < 4.78 is 5.41. The molecule has 1 heterocycles. The lowest BCUT2D eigenvalue weighted by Gasteiger charge is -2.41. The highest BCUT2D eigenvalue weighted by Gasteiger charge is 2.42. The van der Waals surface area contributed by atoms with Gasteiger partial charge in [-0.05, 0) is 58.2 Å². The van der Waals surface area contributed by atoms with Gasteiger partial charge < -0.3 is 9.64 Å². The molecule has 1 aromatic rings. The van der Waals surface area contributed by atoms with Crippen molar-refractivity contribution in [3.05, 3.63) is 33.8 Å². The number of likely N-dealkylation sites (tertiary alicyclic amines) is 1. The molecule has 1 amide bonds. The first-order chi connectivity index (χ1) is 11.0. The van der Waals surface area contributed by atoms with E-state index in [1.807, 2.05) is 26.8 Å². The highest BCUT2D eigenvalue weighted by molar-refractivity contribution is 6.42. The fourth-order valence-electron chi connectivity index (χ4n) is 3.04. The first kappa shape index (κ1) is 19.1. The minimum absolute atomic E-state index is 0.0738. The summed E-state index contributed by atoms with van der Waals surface area (Å²) in [4.78, 5) is 26.3. The lowest BCUT2D eigenvalue weighted by molar-refractivity contribution is -0.124. The van der Waals surface area contributed by atoms with Crippen molar-refractivity contribution in [1.29, 1.82) is 0 Å². The lowest BCUT2D eigenvalue weighted by Crippen LogP contribution is -2.49. The van der Waals surface area contributed by atoms with E-state index in [2.05, 4.69) is 0 Å².